The number of ketones is 1. The van der Waals surface area contributed by atoms with Crippen molar-refractivity contribution in [3.05, 3.63) is 62.8 Å². The summed E-state index contributed by atoms with van der Waals surface area (Å²) in [4.78, 5) is 34.7. The van der Waals surface area contributed by atoms with Crippen LogP contribution in [0.25, 0.3) is 15.9 Å². The standard InChI is InChI=1S/C20H15N7O2S/c21-9-14(17(28)11-5-7-12(8-6-11)27-10-22-25-26-27)18-23-19(29)16-13-3-1-2-4-15(13)30-20(16)24-18/h5-8,10,14H,1-4H2,(H,23,24,29). The fourth-order valence-corrected chi connectivity index (χ4v) is 5.05. The zero-order chi connectivity index (χ0) is 20.7. The summed E-state index contributed by atoms with van der Waals surface area (Å²) in [5, 5.41) is 21.2. The van der Waals surface area contributed by atoms with Crippen LogP contribution in [0.5, 0.6) is 0 Å². The molecule has 1 aliphatic carbocycles. The van der Waals surface area contributed by atoms with Gasteiger partial charge in [0.05, 0.1) is 17.1 Å². The molecule has 0 spiro atoms. The minimum absolute atomic E-state index is 0.0862. The van der Waals surface area contributed by atoms with Gasteiger partial charge in [0.1, 0.15) is 17.0 Å². The van der Waals surface area contributed by atoms with Crippen LogP contribution in [0.4, 0.5) is 0 Å². The predicted octanol–water partition coefficient (Wildman–Crippen LogP) is 2.33. The lowest BCUT2D eigenvalue weighted by Crippen LogP contribution is -2.20. The molecule has 30 heavy (non-hydrogen) atoms. The first-order valence-corrected chi connectivity index (χ1v) is 10.3. The maximum Gasteiger partial charge on any atom is 0.259 e. The van der Waals surface area contributed by atoms with Gasteiger partial charge in [0.2, 0.25) is 0 Å². The lowest BCUT2D eigenvalue weighted by molar-refractivity contribution is 0.0976. The third-order valence-electron chi connectivity index (χ3n) is 5.27. The molecule has 4 aromatic rings. The number of aryl methyl sites for hydroxylation is 2. The van der Waals surface area contributed by atoms with E-state index in [-0.39, 0.29) is 11.4 Å². The minimum atomic E-state index is -1.19. The number of carbonyl (C=O) groups is 1. The summed E-state index contributed by atoms with van der Waals surface area (Å²) in [5.41, 5.74) is 1.81. The highest BCUT2D eigenvalue weighted by Crippen LogP contribution is 2.34. The summed E-state index contributed by atoms with van der Waals surface area (Å²) < 4.78 is 1.46. The fourth-order valence-electron chi connectivity index (χ4n) is 3.79. The van der Waals surface area contributed by atoms with Crippen molar-refractivity contribution in [3.63, 3.8) is 0 Å². The second kappa shape index (κ2) is 7.27. The normalized spacial score (nSPS) is 14.2. The van der Waals surface area contributed by atoms with E-state index in [2.05, 4.69) is 25.5 Å². The van der Waals surface area contributed by atoms with Crippen LogP contribution < -0.4 is 5.56 Å². The maximum absolute atomic E-state index is 13.0. The van der Waals surface area contributed by atoms with Gasteiger partial charge in [-0.2, -0.15) is 5.26 Å². The van der Waals surface area contributed by atoms with Crippen molar-refractivity contribution in [1.82, 2.24) is 30.2 Å². The Morgan fingerprint density at radius 2 is 2.03 bits per heavy atom. The summed E-state index contributed by atoms with van der Waals surface area (Å²) in [6.07, 6.45) is 5.41. The van der Waals surface area contributed by atoms with Crippen LogP contribution in [0.1, 0.15) is 45.4 Å². The summed E-state index contributed by atoms with van der Waals surface area (Å²) in [7, 11) is 0. The molecule has 1 N–H and O–H groups in total. The number of hydrogen-bond acceptors (Lipinski definition) is 8. The summed E-state index contributed by atoms with van der Waals surface area (Å²) in [5.74, 6) is -1.53. The monoisotopic (exact) mass is 417 g/mol. The Labute approximate surface area is 174 Å². The quantitative estimate of drug-likeness (QED) is 0.504. The first-order valence-electron chi connectivity index (χ1n) is 9.47. The molecule has 10 heteroatoms. The molecule has 3 heterocycles. The Morgan fingerprint density at radius 1 is 1.23 bits per heavy atom. The number of thiophene rings is 1. The number of aromatic nitrogens is 6. The number of tetrazole rings is 1. The van der Waals surface area contributed by atoms with E-state index in [1.165, 1.54) is 27.2 Å². The molecular formula is C20H15N7O2S. The number of benzene rings is 1. The largest absolute Gasteiger partial charge is 0.308 e. The molecule has 0 bridgehead atoms. The Kier molecular flexibility index (Phi) is 4.44. The molecule has 1 aromatic carbocycles. The molecule has 148 valence electrons. The van der Waals surface area contributed by atoms with Crippen molar-refractivity contribution in [3.8, 4) is 11.8 Å². The average Bonchev–Trinajstić information content (AvgIpc) is 3.42. The van der Waals surface area contributed by atoms with Gasteiger partial charge in [-0.15, -0.1) is 16.4 Å². The summed E-state index contributed by atoms with van der Waals surface area (Å²) >= 11 is 1.49. The highest BCUT2D eigenvalue weighted by atomic mass is 32.1. The zero-order valence-corrected chi connectivity index (χ0v) is 16.5. The number of Topliss-reactive ketones (excluding diaryl/α,β-unsaturated/α-hetero) is 1. The summed E-state index contributed by atoms with van der Waals surface area (Å²) in [6.45, 7) is 0. The van der Waals surface area contributed by atoms with Crippen LogP contribution >= 0.6 is 11.3 Å². The molecule has 0 aliphatic heterocycles. The van der Waals surface area contributed by atoms with Crippen molar-refractivity contribution in [1.29, 1.82) is 5.26 Å². The molecule has 1 unspecified atom stereocenters. The van der Waals surface area contributed by atoms with E-state index >= 15 is 0 Å². The average molecular weight is 417 g/mol. The number of nitrogens with zero attached hydrogens (tertiary/aromatic N) is 6. The number of H-pyrrole nitrogens is 1. The lowest BCUT2D eigenvalue weighted by atomic mass is 9.96. The predicted molar refractivity (Wildman–Crippen MR) is 109 cm³/mol. The van der Waals surface area contributed by atoms with Crippen LogP contribution in [0.2, 0.25) is 0 Å². The highest BCUT2D eigenvalue weighted by molar-refractivity contribution is 7.18. The molecule has 0 amide bonds. The van der Waals surface area contributed by atoms with Crippen molar-refractivity contribution < 1.29 is 4.79 Å². The zero-order valence-electron chi connectivity index (χ0n) is 15.7. The lowest BCUT2D eigenvalue weighted by Gasteiger charge is -2.10. The molecule has 3 aromatic heterocycles. The van der Waals surface area contributed by atoms with E-state index < -0.39 is 11.7 Å². The van der Waals surface area contributed by atoms with Gasteiger partial charge in [0, 0.05) is 10.4 Å². The topological polar surface area (TPSA) is 130 Å². The molecule has 1 atom stereocenters. The van der Waals surface area contributed by atoms with E-state index in [9.17, 15) is 14.9 Å². The SMILES string of the molecule is N#CC(C(=O)c1ccc(-n2cnnn2)cc1)c1nc2sc3c(c2c(=O)[nH]1)CCCC3. The molecule has 1 aliphatic rings. The Bertz CT molecular complexity index is 1350. The Morgan fingerprint density at radius 3 is 2.77 bits per heavy atom. The van der Waals surface area contributed by atoms with E-state index in [1.807, 2.05) is 6.07 Å². The first-order chi connectivity index (χ1) is 14.7. The number of fused-ring (bicyclic) bond motifs is 3. The van der Waals surface area contributed by atoms with Crippen molar-refractivity contribution in [2.75, 3.05) is 0 Å². The van der Waals surface area contributed by atoms with Gasteiger partial charge in [-0.1, -0.05) is 0 Å². The van der Waals surface area contributed by atoms with Crippen LogP contribution in [0, 0.1) is 11.3 Å². The van der Waals surface area contributed by atoms with E-state index in [0.717, 1.165) is 31.2 Å². The maximum atomic E-state index is 13.0. The first kappa shape index (κ1) is 18.3. The number of nitrogens with one attached hydrogen (secondary N) is 1. The number of rotatable bonds is 4. The van der Waals surface area contributed by atoms with Gasteiger partial charge in [-0.25, -0.2) is 9.67 Å². The van der Waals surface area contributed by atoms with E-state index in [0.29, 0.717) is 21.5 Å². The van der Waals surface area contributed by atoms with Crippen LogP contribution in [0.15, 0.2) is 35.4 Å². The van der Waals surface area contributed by atoms with Gasteiger partial charge < -0.3 is 4.98 Å². The molecule has 0 saturated carbocycles. The smallest absolute Gasteiger partial charge is 0.259 e. The summed E-state index contributed by atoms with van der Waals surface area (Å²) in [6, 6.07) is 8.57. The second-order valence-electron chi connectivity index (χ2n) is 7.07. The molecule has 0 fully saturated rings. The third kappa shape index (κ3) is 3.00. The van der Waals surface area contributed by atoms with Crippen LogP contribution in [-0.4, -0.2) is 36.0 Å². The van der Waals surface area contributed by atoms with Crippen molar-refractivity contribution in [2.45, 2.75) is 31.6 Å². The fraction of sp³-hybridized carbons (Fsp3) is 0.250. The number of aromatic amines is 1. The highest BCUT2D eigenvalue weighted by Gasteiger charge is 2.27. The number of nitriles is 1. The third-order valence-corrected chi connectivity index (χ3v) is 6.46. The number of hydrogen-bond donors (Lipinski definition) is 1. The van der Waals surface area contributed by atoms with Crippen molar-refractivity contribution in [2.24, 2.45) is 0 Å². The van der Waals surface area contributed by atoms with Crippen LogP contribution in [0.3, 0.4) is 0 Å². The van der Waals surface area contributed by atoms with Gasteiger partial charge in [0.15, 0.2) is 11.7 Å². The molecule has 0 saturated heterocycles. The van der Waals surface area contributed by atoms with E-state index in [4.69, 9.17) is 0 Å². The van der Waals surface area contributed by atoms with Gasteiger partial charge >= 0.3 is 0 Å². The number of carbonyl (C=O) groups excluding carboxylic acids is 1. The van der Waals surface area contributed by atoms with Gasteiger partial charge in [-0.05, 0) is 65.9 Å². The van der Waals surface area contributed by atoms with Crippen molar-refractivity contribution >= 4 is 27.3 Å². The van der Waals surface area contributed by atoms with Gasteiger partial charge in [0.25, 0.3) is 5.56 Å². The van der Waals surface area contributed by atoms with Gasteiger partial charge in [-0.3, -0.25) is 9.59 Å². The Balaban J connectivity index is 1.50. The Hall–Kier alpha value is -3.71. The second-order valence-corrected chi connectivity index (χ2v) is 8.15. The molecule has 5 rings (SSSR count). The molecular weight excluding hydrogens is 402 g/mol. The van der Waals surface area contributed by atoms with Crippen LogP contribution in [-0.2, 0) is 12.8 Å². The van der Waals surface area contributed by atoms with E-state index in [1.54, 1.807) is 24.3 Å². The molecule has 0 radical (unpaired) electrons. The minimum Gasteiger partial charge on any atom is -0.308 e. The molecule has 9 nitrogen and oxygen atoms in total.